The summed E-state index contributed by atoms with van der Waals surface area (Å²) in [6.45, 7) is 0. The number of halogens is 2. The Morgan fingerprint density at radius 2 is 2.06 bits per heavy atom. The van der Waals surface area contributed by atoms with Gasteiger partial charge >= 0.3 is 0 Å². The third-order valence-corrected chi connectivity index (χ3v) is 3.38. The van der Waals surface area contributed by atoms with Crippen molar-refractivity contribution in [2.75, 3.05) is 0 Å². The molecule has 16 heavy (non-hydrogen) atoms. The molecule has 0 fully saturated rings. The van der Waals surface area contributed by atoms with Gasteiger partial charge in [0.25, 0.3) is 0 Å². The van der Waals surface area contributed by atoms with Gasteiger partial charge in [-0.1, -0.05) is 15.9 Å². The molecule has 2 aromatic rings. The second kappa shape index (κ2) is 4.51. The van der Waals surface area contributed by atoms with Gasteiger partial charge in [0, 0.05) is 27.8 Å². The van der Waals surface area contributed by atoms with Crippen molar-refractivity contribution in [3.05, 3.63) is 50.7 Å². The Balaban J connectivity index is 2.46. The van der Waals surface area contributed by atoms with E-state index >= 15 is 0 Å². The number of benzene rings is 1. The van der Waals surface area contributed by atoms with Gasteiger partial charge < -0.3 is 0 Å². The fraction of sp³-hybridized carbons (Fsp3) is 0.0909. The van der Waals surface area contributed by atoms with Crippen LogP contribution in [0, 0.1) is 0 Å². The summed E-state index contributed by atoms with van der Waals surface area (Å²) in [5.74, 6) is -0.0422. The SMILES string of the molecule is Cn1nccc1C(=O)c1ccc(Br)cc1Br. The topological polar surface area (TPSA) is 34.9 Å². The van der Waals surface area contributed by atoms with Gasteiger partial charge in [0.2, 0.25) is 5.78 Å². The molecule has 3 nitrogen and oxygen atoms in total. The second-order valence-electron chi connectivity index (χ2n) is 3.29. The van der Waals surface area contributed by atoms with Crippen LogP contribution in [0.2, 0.25) is 0 Å². The molecule has 0 unspecified atom stereocenters. The lowest BCUT2D eigenvalue weighted by Crippen LogP contribution is -2.08. The van der Waals surface area contributed by atoms with E-state index < -0.39 is 0 Å². The van der Waals surface area contributed by atoms with E-state index in [0.29, 0.717) is 11.3 Å². The van der Waals surface area contributed by atoms with Crippen molar-refractivity contribution in [1.29, 1.82) is 0 Å². The Morgan fingerprint density at radius 1 is 1.31 bits per heavy atom. The third kappa shape index (κ3) is 2.10. The summed E-state index contributed by atoms with van der Waals surface area (Å²) in [5.41, 5.74) is 1.20. The molecule has 0 aliphatic rings. The highest BCUT2D eigenvalue weighted by Gasteiger charge is 2.15. The Morgan fingerprint density at radius 3 is 2.62 bits per heavy atom. The Labute approximate surface area is 110 Å². The maximum Gasteiger partial charge on any atom is 0.212 e. The van der Waals surface area contributed by atoms with E-state index in [1.54, 1.807) is 30.1 Å². The Hall–Kier alpha value is -0.940. The molecule has 1 aromatic heterocycles. The van der Waals surface area contributed by atoms with Crippen LogP contribution in [-0.4, -0.2) is 15.6 Å². The summed E-state index contributed by atoms with van der Waals surface area (Å²) < 4.78 is 3.27. The molecule has 2 rings (SSSR count). The molecule has 0 saturated carbocycles. The molecule has 0 aliphatic heterocycles. The van der Waals surface area contributed by atoms with E-state index in [1.165, 1.54) is 0 Å². The van der Waals surface area contributed by atoms with Crippen LogP contribution >= 0.6 is 31.9 Å². The van der Waals surface area contributed by atoms with Gasteiger partial charge in [-0.25, -0.2) is 0 Å². The Kier molecular flexibility index (Phi) is 3.25. The fourth-order valence-electron chi connectivity index (χ4n) is 1.41. The van der Waals surface area contributed by atoms with Crippen molar-refractivity contribution in [3.8, 4) is 0 Å². The van der Waals surface area contributed by atoms with Gasteiger partial charge in [-0.3, -0.25) is 9.48 Å². The van der Waals surface area contributed by atoms with Gasteiger partial charge in [-0.2, -0.15) is 5.10 Å². The minimum atomic E-state index is -0.0422. The maximum absolute atomic E-state index is 12.2. The van der Waals surface area contributed by atoms with Crippen LogP contribution in [0.25, 0.3) is 0 Å². The smallest absolute Gasteiger partial charge is 0.212 e. The first kappa shape index (κ1) is 11.5. The minimum Gasteiger partial charge on any atom is -0.287 e. The monoisotopic (exact) mass is 342 g/mol. The first-order valence-electron chi connectivity index (χ1n) is 4.57. The maximum atomic E-state index is 12.2. The molecular formula is C11H8Br2N2O. The number of carbonyl (C=O) groups excluding carboxylic acids is 1. The number of aromatic nitrogens is 2. The fourth-order valence-corrected chi connectivity index (χ4v) is 2.64. The summed E-state index contributed by atoms with van der Waals surface area (Å²) in [7, 11) is 1.75. The molecular weight excluding hydrogens is 336 g/mol. The third-order valence-electron chi connectivity index (χ3n) is 2.23. The van der Waals surface area contributed by atoms with Crippen molar-refractivity contribution in [2.24, 2.45) is 7.05 Å². The normalized spacial score (nSPS) is 10.4. The highest BCUT2D eigenvalue weighted by Crippen LogP contribution is 2.23. The van der Waals surface area contributed by atoms with Gasteiger partial charge in [0.05, 0.1) is 0 Å². The van der Waals surface area contributed by atoms with Crippen LogP contribution in [0.15, 0.2) is 39.4 Å². The first-order chi connectivity index (χ1) is 7.59. The zero-order valence-electron chi connectivity index (χ0n) is 8.45. The molecule has 0 bridgehead atoms. The highest BCUT2D eigenvalue weighted by atomic mass is 79.9. The average Bonchev–Trinajstić information content (AvgIpc) is 2.63. The highest BCUT2D eigenvalue weighted by molar-refractivity contribution is 9.11. The summed E-state index contributed by atoms with van der Waals surface area (Å²) in [5, 5.41) is 3.98. The molecule has 0 spiro atoms. The van der Waals surface area contributed by atoms with Gasteiger partial charge in [0.1, 0.15) is 5.69 Å². The summed E-state index contributed by atoms with van der Waals surface area (Å²) >= 11 is 6.73. The van der Waals surface area contributed by atoms with Crippen LogP contribution in [-0.2, 0) is 7.05 Å². The van der Waals surface area contributed by atoms with Crippen LogP contribution in [0.1, 0.15) is 16.1 Å². The van der Waals surface area contributed by atoms with Crippen LogP contribution < -0.4 is 0 Å². The van der Waals surface area contributed by atoms with Crippen molar-refractivity contribution in [1.82, 2.24) is 9.78 Å². The van der Waals surface area contributed by atoms with Gasteiger partial charge in [-0.15, -0.1) is 0 Å². The lowest BCUT2D eigenvalue weighted by molar-refractivity contribution is 0.102. The van der Waals surface area contributed by atoms with Crippen molar-refractivity contribution >= 4 is 37.6 Å². The molecule has 82 valence electrons. The molecule has 0 N–H and O–H groups in total. The standard InChI is InChI=1S/C11H8Br2N2O/c1-15-10(4-5-14-15)11(16)8-3-2-7(12)6-9(8)13/h2-6H,1H3. The quantitative estimate of drug-likeness (QED) is 0.785. The Bertz CT molecular complexity index is 549. The summed E-state index contributed by atoms with van der Waals surface area (Å²) in [4.78, 5) is 12.2. The van der Waals surface area contributed by atoms with E-state index in [1.807, 2.05) is 12.1 Å². The second-order valence-corrected chi connectivity index (χ2v) is 5.06. The molecule has 0 radical (unpaired) electrons. The molecule has 0 atom stereocenters. The van der Waals surface area contributed by atoms with Crippen molar-refractivity contribution in [3.63, 3.8) is 0 Å². The molecule has 0 amide bonds. The lowest BCUT2D eigenvalue weighted by Gasteiger charge is -2.04. The zero-order chi connectivity index (χ0) is 11.7. The number of ketones is 1. The van der Waals surface area contributed by atoms with E-state index in [2.05, 4.69) is 37.0 Å². The van der Waals surface area contributed by atoms with Crippen LogP contribution in [0.3, 0.4) is 0 Å². The van der Waals surface area contributed by atoms with Crippen LogP contribution in [0.5, 0.6) is 0 Å². The first-order valence-corrected chi connectivity index (χ1v) is 6.16. The molecule has 0 aliphatic carbocycles. The summed E-state index contributed by atoms with van der Waals surface area (Å²) in [6, 6.07) is 7.18. The molecule has 5 heteroatoms. The van der Waals surface area contributed by atoms with Crippen molar-refractivity contribution < 1.29 is 4.79 Å². The molecule has 1 heterocycles. The minimum absolute atomic E-state index is 0.0422. The summed E-state index contributed by atoms with van der Waals surface area (Å²) in [6.07, 6.45) is 1.61. The van der Waals surface area contributed by atoms with Crippen LogP contribution in [0.4, 0.5) is 0 Å². The number of hydrogen-bond acceptors (Lipinski definition) is 2. The average molecular weight is 344 g/mol. The predicted octanol–water partition coefficient (Wildman–Crippen LogP) is 3.18. The van der Waals surface area contributed by atoms with E-state index in [-0.39, 0.29) is 5.78 Å². The zero-order valence-corrected chi connectivity index (χ0v) is 11.6. The molecule has 1 aromatic carbocycles. The number of hydrogen-bond donors (Lipinski definition) is 0. The number of carbonyl (C=O) groups is 1. The van der Waals surface area contributed by atoms with E-state index in [9.17, 15) is 4.79 Å². The van der Waals surface area contributed by atoms with E-state index in [0.717, 1.165) is 8.95 Å². The predicted molar refractivity (Wildman–Crippen MR) is 68.5 cm³/mol. The van der Waals surface area contributed by atoms with Gasteiger partial charge in [0.15, 0.2) is 0 Å². The largest absolute Gasteiger partial charge is 0.287 e. The number of nitrogens with zero attached hydrogens (tertiary/aromatic N) is 2. The lowest BCUT2D eigenvalue weighted by atomic mass is 10.1. The van der Waals surface area contributed by atoms with Gasteiger partial charge in [-0.05, 0) is 40.2 Å². The van der Waals surface area contributed by atoms with E-state index in [4.69, 9.17) is 0 Å². The number of aryl methyl sites for hydroxylation is 1. The number of rotatable bonds is 2. The molecule has 0 saturated heterocycles. The van der Waals surface area contributed by atoms with Crippen molar-refractivity contribution in [2.45, 2.75) is 0 Å².